The molecular weight excluding hydrogens is 532 g/mol. The number of hydrogen-bond donors (Lipinski definition) is 1. The van der Waals surface area contributed by atoms with Crippen LogP contribution in [0.3, 0.4) is 0 Å². The maximum atomic E-state index is 14.9. The number of rotatable bonds is 7. The topological polar surface area (TPSA) is 106 Å². The molecule has 4 heterocycles. The van der Waals surface area contributed by atoms with Gasteiger partial charge in [0.05, 0.1) is 29.1 Å². The standard InChI is InChI=1S/C25H28Cl2FN9O/c1-3-34(4-2)17-13-36(14-17)25-32-22-18(23(33-25)35-8-7-30-16(12-35)5-6-29)11-31-37(24(22)38)20-10-15(26)9-19(27)21(20)28/h9-11,16-17,30H,3-5,7-8,12-14H2,1-2H3. The average molecular weight is 560 g/mol. The van der Waals surface area contributed by atoms with Crippen LogP contribution in [0.2, 0.25) is 10.0 Å². The first-order valence-electron chi connectivity index (χ1n) is 12.6. The largest absolute Gasteiger partial charge is 0.353 e. The van der Waals surface area contributed by atoms with E-state index in [1.54, 1.807) is 0 Å². The SMILES string of the molecule is CCN(CC)C1CN(c2nc(N3CCNC(CC#N)C3)c3cnn(-c4cc(Cl)cc(Cl)c4F)c(=O)c3n2)C1. The van der Waals surface area contributed by atoms with E-state index in [9.17, 15) is 14.4 Å². The average Bonchev–Trinajstić information content (AvgIpc) is 2.88. The van der Waals surface area contributed by atoms with Crippen LogP contribution in [-0.4, -0.2) is 82.5 Å². The summed E-state index contributed by atoms with van der Waals surface area (Å²) < 4.78 is 15.8. The van der Waals surface area contributed by atoms with Crippen LogP contribution in [0.25, 0.3) is 16.6 Å². The summed E-state index contributed by atoms with van der Waals surface area (Å²) in [5.74, 6) is 0.207. The summed E-state index contributed by atoms with van der Waals surface area (Å²) in [4.78, 5) is 29.7. The van der Waals surface area contributed by atoms with Crippen molar-refractivity contribution in [2.24, 2.45) is 0 Å². The van der Waals surface area contributed by atoms with Crippen LogP contribution in [0.4, 0.5) is 16.2 Å². The number of nitrogens with one attached hydrogen (secondary N) is 1. The Labute approximate surface area is 229 Å². The van der Waals surface area contributed by atoms with Crippen molar-refractivity contribution < 1.29 is 4.39 Å². The molecule has 0 radical (unpaired) electrons. The van der Waals surface area contributed by atoms with Gasteiger partial charge in [-0.15, -0.1) is 0 Å². The molecule has 5 rings (SSSR count). The fraction of sp³-hybridized carbons (Fsp3) is 0.480. The lowest BCUT2D eigenvalue weighted by Gasteiger charge is -2.45. The van der Waals surface area contributed by atoms with E-state index in [4.69, 9.17) is 28.2 Å². The lowest BCUT2D eigenvalue weighted by molar-refractivity contribution is 0.182. The third kappa shape index (κ3) is 4.89. The number of likely N-dealkylation sites (N-methyl/N-ethyl adjacent to an activating group) is 1. The molecule has 3 aromatic rings. The smallest absolute Gasteiger partial charge is 0.298 e. The minimum absolute atomic E-state index is 0.0331. The van der Waals surface area contributed by atoms with Gasteiger partial charge in [-0.05, 0) is 25.2 Å². The minimum Gasteiger partial charge on any atom is -0.353 e. The summed E-state index contributed by atoms with van der Waals surface area (Å²) in [6.45, 7) is 9.49. The number of fused-ring (bicyclic) bond motifs is 1. The molecule has 2 aliphatic rings. The van der Waals surface area contributed by atoms with Gasteiger partial charge in [0.1, 0.15) is 17.0 Å². The Morgan fingerprint density at radius 1 is 1.18 bits per heavy atom. The van der Waals surface area contributed by atoms with Crippen molar-refractivity contribution >= 4 is 45.9 Å². The molecule has 38 heavy (non-hydrogen) atoms. The van der Waals surface area contributed by atoms with Crippen LogP contribution in [0.15, 0.2) is 23.1 Å². The van der Waals surface area contributed by atoms with Crippen molar-refractivity contribution in [1.29, 1.82) is 5.26 Å². The van der Waals surface area contributed by atoms with Gasteiger partial charge in [0.25, 0.3) is 5.56 Å². The number of nitriles is 1. The van der Waals surface area contributed by atoms with E-state index < -0.39 is 11.4 Å². The Hall–Kier alpha value is -3.04. The molecule has 1 N–H and O–H groups in total. The van der Waals surface area contributed by atoms with Crippen molar-refractivity contribution in [3.63, 3.8) is 0 Å². The van der Waals surface area contributed by atoms with Crippen molar-refractivity contribution in [1.82, 2.24) is 30.0 Å². The second-order valence-electron chi connectivity index (χ2n) is 9.43. The van der Waals surface area contributed by atoms with E-state index in [1.165, 1.54) is 18.3 Å². The third-order valence-electron chi connectivity index (χ3n) is 7.18. The van der Waals surface area contributed by atoms with E-state index in [0.29, 0.717) is 49.2 Å². The predicted octanol–water partition coefficient (Wildman–Crippen LogP) is 2.84. The molecule has 2 aliphatic heterocycles. The molecule has 2 saturated heterocycles. The Morgan fingerprint density at radius 2 is 1.95 bits per heavy atom. The lowest BCUT2D eigenvalue weighted by Crippen LogP contribution is -2.60. The molecular formula is C25H28Cl2FN9O. The van der Waals surface area contributed by atoms with Crippen molar-refractivity contribution in [3.8, 4) is 11.8 Å². The number of aromatic nitrogens is 4. The fourth-order valence-electron chi connectivity index (χ4n) is 5.10. The van der Waals surface area contributed by atoms with E-state index >= 15 is 0 Å². The summed E-state index contributed by atoms with van der Waals surface area (Å²) in [6, 6.07) is 5.13. The van der Waals surface area contributed by atoms with E-state index in [2.05, 4.69) is 45.1 Å². The van der Waals surface area contributed by atoms with E-state index in [0.717, 1.165) is 30.9 Å². The minimum atomic E-state index is -0.800. The van der Waals surface area contributed by atoms with Crippen LogP contribution >= 0.6 is 23.2 Å². The molecule has 1 atom stereocenters. The number of benzene rings is 1. The Bertz CT molecular complexity index is 1450. The van der Waals surface area contributed by atoms with Gasteiger partial charge in [0, 0.05) is 49.8 Å². The number of halogens is 3. The van der Waals surface area contributed by atoms with Crippen molar-refractivity contribution in [3.05, 3.63) is 44.5 Å². The first-order valence-corrected chi connectivity index (χ1v) is 13.4. The van der Waals surface area contributed by atoms with Crippen LogP contribution in [0, 0.1) is 17.1 Å². The molecule has 0 amide bonds. The van der Waals surface area contributed by atoms with Gasteiger partial charge in [-0.1, -0.05) is 37.0 Å². The zero-order valence-corrected chi connectivity index (χ0v) is 22.7. The van der Waals surface area contributed by atoms with Crippen LogP contribution in [0.1, 0.15) is 20.3 Å². The number of nitrogens with zero attached hydrogens (tertiary/aromatic N) is 8. The maximum absolute atomic E-state index is 14.9. The lowest BCUT2D eigenvalue weighted by atomic mass is 10.1. The normalized spacial score (nSPS) is 18.2. The second-order valence-corrected chi connectivity index (χ2v) is 10.3. The van der Waals surface area contributed by atoms with Crippen molar-refractivity contribution in [2.45, 2.75) is 32.4 Å². The number of hydrogen-bond acceptors (Lipinski definition) is 9. The van der Waals surface area contributed by atoms with E-state index in [1.807, 2.05) is 4.90 Å². The van der Waals surface area contributed by atoms with Gasteiger partial charge in [0.15, 0.2) is 5.82 Å². The molecule has 200 valence electrons. The number of piperazine rings is 1. The monoisotopic (exact) mass is 559 g/mol. The quantitative estimate of drug-likeness (QED) is 0.437. The fourth-order valence-corrected chi connectivity index (χ4v) is 5.58. The second kappa shape index (κ2) is 11.0. The zero-order chi connectivity index (χ0) is 27.0. The molecule has 0 aliphatic carbocycles. The van der Waals surface area contributed by atoms with Crippen LogP contribution < -0.4 is 20.7 Å². The molecule has 2 fully saturated rings. The van der Waals surface area contributed by atoms with Gasteiger partial charge in [-0.25, -0.2) is 9.37 Å². The van der Waals surface area contributed by atoms with Gasteiger partial charge in [-0.3, -0.25) is 9.69 Å². The molecule has 2 aromatic heterocycles. The molecule has 0 spiro atoms. The highest BCUT2D eigenvalue weighted by molar-refractivity contribution is 6.35. The Kier molecular flexibility index (Phi) is 7.68. The molecule has 0 saturated carbocycles. The van der Waals surface area contributed by atoms with Crippen LogP contribution in [-0.2, 0) is 0 Å². The zero-order valence-electron chi connectivity index (χ0n) is 21.2. The molecule has 13 heteroatoms. The summed E-state index contributed by atoms with van der Waals surface area (Å²) in [5.41, 5.74) is -0.635. The van der Waals surface area contributed by atoms with Gasteiger partial charge in [-0.2, -0.15) is 20.0 Å². The maximum Gasteiger partial charge on any atom is 0.298 e. The number of anilines is 2. The highest BCUT2D eigenvalue weighted by atomic mass is 35.5. The van der Waals surface area contributed by atoms with Crippen molar-refractivity contribution in [2.75, 3.05) is 55.6 Å². The van der Waals surface area contributed by atoms with Gasteiger partial charge in [0.2, 0.25) is 5.95 Å². The first kappa shape index (κ1) is 26.6. The summed E-state index contributed by atoms with van der Waals surface area (Å²) >= 11 is 12.1. The van der Waals surface area contributed by atoms with Gasteiger partial charge >= 0.3 is 0 Å². The summed E-state index contributed by atoms with van der Waals surface area (Å²) in [7, 11) is 0. The molecule has 1 aromatic carbocycles. The molecule has 0 bridgehead atoms. The molecule has 1 unspecified atom stereocenters. The third-order valence-corrected chi connectivity index (χ3v) is 7.67. The van der Waals surface area contributed by atoms with Crippen LogP contribution in [0.5, 0.6) is 0 Å². The highest BCUT2D eigenvalue weighted by Crippen LogP contribution is 2.30. The van der Waals surface area contributed by atoms with E-state index in [-0.39, 0.29) is 27.3 Å². The highest BCUT2D eigenvalue weighted by Gasteiger charge is 2.34. The molecule has 10 nitrogen and oxygen atoms in total. The summed E-state index contributed by atoms with van der Waals surface area (Å²) in [5, 5.41) is 17.2. The van der Waals surface area contributed by atoms with Gasteiger partial charge < -0.3 is 15.1 Å². The Balaban J connectivity index is 1.62. The summed E-state index contributed by atoms with van der Waals surface area (Å²) in [6.07, 6.45) is 1.82. The first-order chi connectivity index (χ1) is 18.3. The predicted molar refractivity (Wildman–Crippen MR) is 146 cm³/mol. The Morgan fingerprint density at radius 3 is 2.66 bits per heavy atom.